The second-order valence-electron chi connectivity index (χ2n) is 6.77. The van der Waals surface area contributed by atoms with Crippen LogP contribution in [0.5, 0.6) is 0 Å². The van der Waals surface area contributed by atoms with Gasteiger partial charge in [0.05, 0.1) is 5.71 Å². The van der Waals surface area contributed by atoms with Gasteiger partial charge in [-0.2, -0.15) is 5.10 Å². The Hall–Kier alpha value is -3.03. The largest absolute Gasteiger partial charge is 0.271 e. The normalized spacial score (nSPS) is 11.6. The molecule has 0 spiro atoms. The zero-order valence-electron chi connectivity index (χ0n) is 16.6. The number of carbonyl (C=O) groups is 1. The summed E-state index contributed by atoms with van der Waals surface area (Å²) in [5.74, 6) is 0.560. The summed E-state index contributed by atoms with van der Waals surface area (Å²) in [6, 6.07) is 21.9. The molecule has 5 nitrogen and oxygen atoms in total. The van der Waals surface area contributed by atoms with Crippen LogP contribution in [0.2, 0.25) is 0 Å². The molecular weight excluding hydrogens is 412 g/mol. The average molecular weight is 433 g/mol. The Morgan fingerprint density at radius 3 is 2.47 bits per heavy atom. The maximum atomic E-state index is 12.4. The van der Waals surface area contributed by atoms with E-state index in [1.807, 2.05) is 56.3 Å². The fourth-order valence-electron chi connectivity index (χ4n) is 2.91. The number of aromatic nitrogens is 2. The van der Waals surface area contributed by atoms with Gasteiger partial charge in [-0.25, -0.2) is 5.43 Å². The fraction of sp³-hybridized carbons (Fsp3) is 0.130. The topological polar surface area (TPSA) is 67.2 Å². The Morgan fingerprint density at radius 1 is 1.00 bits per heavy atom. The van der Waals surface area contributed by atoms with Crippen LogP contribution in [0.15, 0.2) is 76.2 Å². The molecule has 30 heavy (non-hydrogen) atoms. The molecule has 0 atom stereocenters. The summed E-state index contributed by atoms with van der Waals surface area (Å²) in [7, 11) is 0. The van der Waals surface area contributed by atoms with E-state index in [4.69, 9.17) is 0 Å². The molecule has 4 aromatic rings. The van der Waals surface area contributed by atoms with Gasteiger partial charge in [0.15, 0.2) is 4.34 Å². The summed E-state index contributed by atoms with van der Waals surface area (Å²) in [5, 5.41) is 15.7. The highest BCUT2D eigenvalue weighted by atomic mass is 32.2. The van der Waals surface area contributed by atoms with Crippen LogP contribution in [0, 0.1) is 6.92 Å². The maximum Gasteiger partial charge on any atom is 0.271 e. The first-order valence-corrected chi connectivity index (χ1v) is 11.2. The summed E-state index contributed by atoms with van der Waals surface area (Å²) in [4.78, 5) is 12.4. The van der Waals surface area contributed by atoms with Crippen molar-refractivity contribution in [1.29, 1.82) is 0 Å². The van der Waals surface area contributed by atoms with E-state index in [0.717, 1.165) is 37.3 Å². The second-order valence-corrected chi connectivity index (χ2v) is 9.18. The molecule has 0 aliphatic heterocycles. The van der Waals surface area contributed by atoms with Gasteiger partial charge < -0.3 is 0 Å². The molecule has 1 heterocycles. The van der Waals surface area contributed by atoms with Gasteiger partial charge in [-0.05, 0) is 53.9 Å². The number of hydrogen-bond donors (Lipinski definition) is 1. The lowest BCUT2D eigenvalue weighted by atomic mass is 10.0. The van der Waals surface area contributed by atoms with E-state index >= 15 is 0 Å². The van der Waals surface area contributed by atoms with Gasteiger partial charge >= 0.3 is 0 Å². The molecule has 1 amide bonds. The minimum absolute atomic E-state index is 0.228. The third-order valence-corrected chi connectivity index (χ3v) is 6.62. The predicted molar refractivity (Wildman–Crippen MR) is 124 cm³/mol. The van der Waals surface area contributed by atoms with Gasteiger partial charge in [-0.3, -0.25) is 4.79 Å². The summed E-state index contributed by atoms with van der Waals surface area (Å²) < 4.78 is 0.952. The summed E-state index contributed by atoms with van der Waals surface area (Å²) >= 11 is 3.23. The van der Waals surface area contributed by atoms with E-state index in [2.05, 4.69) is 45.0 Å². The smallest absolute Gasteiger partial charge is 0.267 e. The van der Waals surface area contributed by atoms with E-state index in [1.165, 1.54) is 5.39 Å². The molecule has 0 aliphatic rings. The molecule has 0 bridgehead atoms. The van der Waals surface area contributed by atoms with Crippen molar-refractivity contribution in [3.05, 3.63) is 88.4 Å². The highest BCUT2D eigenvalue weighted by Gasteiger charge is 2.07. The van der Waals surface area contributed by atoms with Crippen molar-refractivity contribution in [1.82, 2.24) is 15.6 Å². The molecular formula is C23H20N4OS2. The lowest BCUT2D eigenvalue weighted by Crippen LogP contribution is -2.19. The quantitative estimate of drug-likeness (QED) is 0.250. The Bertz CT molecular complexity index is 1220. The van der Waals surface area contributed by atoms with E-state index in [-0.39, 0.29) is 5.91 Å². The number of fused-ring (bicyclic) bond motifs is 1. The Kier molecular flexibility index (Phi) is 6.21. The second kappa shape index (κ2) is 9.19. The van der Waals surface area contributed by atoms with E-state index in [0.29, 0.717) is 5.56 Å². The van der Waals surface area contributed by atoms with Gasteiger partial charge in [0, 0.05) is 11.3 Å². The monoisotopic (exact) mass is 432 g/mol. The summed E-state index contributed by atoms with van der Waals surface area (Å²) in [6.45, 7) is 3.83. The zero-order valence-corrected chi connectivity index (χ0v) is 18.3. The molecule has 0 saturated carbocycles. The van der Waals surface area contributed by atoms with Crippen LogP contribution in [0.1, 0.15) is 33.4 Å². The average Bonchev–Trinajstić information content (AvgIpc) is 3.21. The number of nitrogens with one attached hydrogen (secondary N) is 1. The van der Waals surface area contributed by atoms with Crippen LogP contribution < -0.4 is 5.43 Å². The van der Waals surface area contributed by atoms with Crippen LogP contribution in [-0.4, -0.2) is 21.8 Å². The number of thioether (sulfide) groups is 1. The van der Waals surface area contributed by atoms with Crippen LogP contribution in [-0.2, 0) is 5.75 Å². The van der Waals surface area contributed by atoms with Crippen molar-refractivity contribution < 1.29 is 4.79 Å². The highest BCUT2D eigenvalue weighted by molar-refractivity contribution is 8.00. The fourth-order valence-corrected chi connectivity index (χ4v) is 4.68. The maximum absolute atomic E-state index is 12.4. The number of aryl methyl sites for hydroxylation is 1. The van der Waals surface area contributed by atoms with Crippen molar-refractivity contribution in [3.63, 3.8) is 0 Å². The number of amides is 1. The molecule has 1 aromatic heterocycles. The Labute approximate surface area is 183 Å². The lowest BCUT2D eigenvalue weighted by molar-refractivity contribution is 0.0955. The van der Waals surface area contributed by atoms with E-state index in [9.17, 15) is 4.79 Å². The first-order valence-electron chi connectivity index (χ1n) is 9.44. The van der Waals surface area contributed by atoms with Crippen molar-refractivity contribution in [2.45, 2.75) is 23.9 Å². The zero-order chi connectivity index (χ0) is 20.9. The molecule has 0 saturated heterocycles. The van der Waals surface area contributed by atoms with Crippen LogP contribution in [0.3, 0.4) is 0 Å². The van der Waals surface area contributed by atoms with E-state index in [1.54, 1.807) is 23.1 Å². The minimum atomic E-state index is -0.228. The number of benzene rings is 3. The molecule has 0 aliphatic carbocycles. The van der Waals surface area contributed by atoms with Gasteiger partial charge in [0.25, 0.3) is 5.91 Å². The minimum Gasteiger partial charge on any atom is -0.267 e. The lowest BCUT2D eigenvalue weighted by Gasteiger charge is -2.06. The van der Waals surface area contributed by atoms with Crippen molar-refractivity contribution >= 4 is 45.5 Å². The number of rotatable bonds is 6. The van der Waals surface area contributed by atoms with Gasteiger partial charge in [0.2, 0.25) is 0 Å². The molecule has 4 rings (SSSR count). The van der Waals surface area contributed by atoms with Crippen molar-refractivity contribution in [2.75, 3.05) is 0 Å². The molecule has 150 valence electrons. The number of hydrogen-bond acceptors (Lipinski definition) is 6. The third kappa shape index (κ3) is 4.93. The summed E-state index contributed by atoms with van der Waals surface area (Å²) in [5.41, 5.74) is 6.09. The first-order chi connectivity index (χ1) is 14.6. The van der Waals surface area contributed by atoms with Crippen LogP contribution >= 0.6 is 23.1 Å². The number of hydrazone groups is 1. The highest BCUT2D eigenvalue weighted by Crippen LogP contribution is 2.25. The van der Waals surface area contributed by atoms with Crippen LogP contribution in [0.25, 0.3) is 10.8 Å². The molecule has 1 N–H and O–H groups in total. The van der Waals surface area contributed by atoms with Gasteiger partial charge in [0.1, 0.15) is 5.01 Å². The number of nitrogens with zero attached hydrogens (tertiary/aromatic N) is 3. The molecule has 3 aromatic carbocycles. The van der Waals surface area contributed by atoms with Gasteiger partial charge in [-0.15, -0.1) is 10.2 Å². The number of carbonyl (C=O) groups excluding carboxylic acids is 1. The first kappa shape index (κ1) is 20.3. The van der Waals surface area contributed by atoms with Crippen LogP contribution in [0.4, 0.5) is 0 Å². The van der Waals surface area contributed by atoms with Gasteiger partial charge in [-0.1, -0.05) is 71.6 Å². The third-order valence-electron chi connectivity index (χ3n) is 4.58. The SMILES string of the molecule is CC(=NNC(=O)c1ccc(CSc2nnc(C)s2)cc1)c1ccc2ccccc2c1. The standard InChI is InChI=1S/C23H20N4OS2/c1-15(20-12-11-18-5-3-4-6-21(18)13-20)24-26-22(28)19-9-7-17(8-10-19)14-29-23-27-25-16(2)30-23/h3-13H,14H2,1-2H3,(H,26,28). The van der Waals surface area contributed by atoms with Crippen molar-refractivity contribution in [3.8, 4) is 0 Å². The molecule has 7 heteroatoms. The predicted octanol–water partition coefficient (Wildman–Crippen LogP) is 5.45. The van der Waals surface area contributed by atoms with E-state index < -0.39 is 0 Å². The molecule has 0 radical (unpaired) electrons. The summed E-state index contributed by atoms with van der Waals surface area (Å²) in [6.07, 6.45) is 0. The Morgan fingerprint density at radius 2 is 1.73 bits per heavy atom. The molecule has 0 fully saturated rings. The molecule has 0 unspecified atom stereocenters. The van der Waals surface area contributed by atoms with Crippen molar-refractivity contribution in [2.24, 2.45) is 5.10 Å². The Balaban J connectivity index is 1.37.